The summed E-state index contributed by atoms with van der Waals surface area (Å²) in [6.45, 7) is 0. The Morgan fingerprint density at radius 1 is 1.45 bits per heavy atom. The second-order valence-corrected chi connectivity index (χ2v) is 3.33. The Morgan fingerprint density at radius 2 is 2.27 bits per heavy atom. The number of nitrogens with two attached hydrogens (primary N) is 1. The fourth-order valence-corrected chi connectivity index (χ4v) is 1.47. The number of hydrogen-bond donors (Lipinski definition) is 1. The molecule has 2 aliphatic rings. The summed E-state index contributed by atoms with van der Waals surface area (Å²) in [5.74, 6) is 0.684. The molecule has 2 rings (SSSR count). The van der Waals surface area contributed by atoms with Gasteiger partial charge in [-0.05, 0) is 6.08 Å². The zero-order chi connectivity index (χ0) is 7.84. The van der Waals surface area contributed by atoms with Crippen molar-refractivity contribution in [3.8, 4) is 0 Å². The molecule has 0 saturated carbocycles. The van der Waals surface area contributed by atoms with Crippen LogP contribution in [0.4, 0.5) is 0 Å². The summed E-state index contributed by atoms with van der Waals surface area (Å²) in [5.41, 5.74) is 6.49. The maximum atomic E-state index is 5.57. The Morgan fingerprint density at radius 3 is 3.09 bits per heavy atom. The minimum Gasteiger partial charge on any atom is -0.385 e. The number of fused-ring (bicyclic) bond motifs is 1. The molecule has 4 heteroatoms. The van der Waals surface area contributed by atoms with Crippen molar-refractivity contribution in [1.82, 2.24) is 0 Å². The molecule has 0 amide bonds. The molecule has 0 bridgehead atoms. The largest absolute Gasteiger partial charge is 0.385 e. The molecule has 0 aromatic carbocycles. The molecule has 0 fully saturated rings. The molecule has 11 heavy (non-hydrogen) atoms. The highest BCUT2D eigenvalue weighted by Crippen LogP contribution is 2.21. The zero-order valence-electron chi connectivity index (χ0n) is 5.66. The average Bonchev–Trinajstić information content (AvgIpc) is 2.32. The molecule has 0 radical (unpaired) electrons. The van der Waals surface area contributed by atoms with Gasteiger partial charge in [-0.2, -0.15) is 5.10 Å². The van der Waals surface area contributed by atoms with Gasteiger partial charge >= 0.3 is 0 Å². The Bertz CT molecular complexity index is 312. The SMILES string of the molecule is NC1=NN=C2C=C(Br)C=C[C@H]12. The number of nitrogens with zero attached hydrogens (tertiary/aromatic N) is 2. The van der Waals surface area contributed by atoms with Crippen molar-refractivity contribution in [2.45, 2.75) is 0 Å². The van der Waals surface area contributed by atoms with Gasteiger partial charge in [-0.25, -0.2) is 0 Å². The summed E-state index contributed by atoms with van der Waals surface area (Å²) >= 11 is 3.35. The number of rotatable bonds is 0. The molecule has 1 aliphatic heterocycles. The third-order valence-corrected chi connectivity index (χ3v) is 2.15. The molecule has 0 spiro atoms. The van der Waals surface area contributed by atoms with Crippen LogP contribution in [0.2, 0.25) is 0 Å². The first-order valence-electron chi connectivity index (χ1n) is 3.23. The van der Waals surface area contributed by atoms with Crippen LogP contribution in [0, 0.1) is 5.92 Å². The van der Waals surface area contributed by atoms with Gasteiger partial charge in [0.2, 0.25) is 0 Å². The molecule has 0 unspecified atom stereocenters. The molecule has 0 aromatic rings. The Labute approximate surface area is 72.5 Å². The molecule has 0 saturated heterocycles. The van der Waals surface area contributed by atoms with Gasteiger partial charge in [0.1, 0.15) is 5.84 Å². The summed E-state index contributed by atoms with van der Waals surface area (Å²) in [5, 5.41) is 7.69. The lowest BCUT2D eigenvalue weighted by Gasteiger charge is -2.08. The summed E-state index contributed by atoms with van der Waals surface area (Å²) in [7, 11) is 0. The molecule has 56 valence electrons. The standard InChI is InChI=1S/C7H6BrN3/c8-4-1-2-5-6(3-4)10-11-7(5)9/h1-3,5H,(H2,9,11)/t5-/m0/s1. The zero-order valence-corrected chi connectivity index (χ0v) is 7.25. The molecule has 2 N–H and O–H groups in total. The second kappa shape index (κ2) is 2.30. The smallest absolute Gasteiger partial charge is 0.135 e. The summed E-state index contributed by atoms with van der Waals surface area (Å²) in [4.78, 5) is 0. The highest BCUT2D eigenvalue weighted by molar-refractivity contribution is 9.11. The van der Waals surface area contributed by atoms with Gasteiger partial charge in [0.15, 0.2) is 0 Å². The third kappa shape index (κ3) is 1.03. The normalized spacial score (nSPS) is 27.4. The minimum atomic E-state index is 0.108. The molecular weight excluding hydrogens is 206 g/mol. The lowest BCUT2D eigenvalue weighted by Crippen LogP contribution is -2.25. The number of hydrogen-bond acceptors (Lipinski definition) is 3. The Kier molecular flexibility index (Phi) is 1.42. The van der Waals surface area contributed by atoms with Gasteiger partial charge in [0, 0.05) is 4.48 Å². The van der Waals surface area contributed by atoms with Crippen LogP contribution in [-0.2, 0) is 0 Å². The van der Waals surface area contributed by atoms with Crippen molar-refractivity contribution >= 4 is 27.5 Å². The van der Waals surface area contributed by atoms with E-state index in [4.69, 9.17) is 5.73 Å². The third-order valence-electron chi connectivity index (χ3n) is 1.65. The van der Waals surface area contributed by atoms with Crippen molar-refractivity contribution in [1.29, 1.82) is 0 Å². The van der Waals surface area contributed by atoms with Gasteiger partial charge in [-0.15, -0.1) is 5.10 Å². The van der Waals surface area contributed by atoms with Crippen molar-refractivity contribution in [3.63, 3.8) is 0 Å². The van der Waals surface area contributed by atoms with Gasteiger partial charge in [-0.3, -0.25) is 0 Å². The van der Waals surface area contributed by atoms with Gasteiger partial charge in [0.05, 0.1) is 11.6 Å². The lowest BCUT2D eigenvalue weighted by atomic mass is 9.98. The first-order chi connectivity index (χ1) is 5.27. The van der Waals surface area contributed by atoms with E-state index in [1.807, 2.05) is 18.2 Å². The van der Waals surface area contributed by atoms with Crippen molar-refractivity contribution in [2.24, 2.45) is 21.9 Å². The van der Waals surface area contributed by atoms with Crippen LogP contribution in [0.5, 0.6) is 0 Å². The van der Waals surface area contributed by atoms with E-state index < -0.39 is 0 Å². The molecular formula is C7H6BrN3. The maximum absolute atomic E-state index is 5.57. The van der Waals surface area contributed by atoms with Crippen LogP contribution in [0.25, 0.3) is 0 Å². The molecule has 0 aromatic heterocycles. The van der Waals surface area contributed by atoms with Gasteiger partial charge in [-0.1, -0.05) is 28.1 Å². The van der Waals surface area contributed by atoms with Gasteiger partial charge < -0.3 is 5.73 Å². The molecule has 1 heterocycles. The average molecular weight is 212 g/mol. The molecule has 3 nitrogen and oxygen atoms in total. The molecule has 1 atom stereocenters. The topological polar surface area (TPSA) is 50.7 Å². The predicted octanol–water partition coefficient (Wildman–Crippen LogP) is 1.18. The number of halogens is 1. The number of amidine groups is 1. The Hall–Kier alpha value is -0.900. The maximum Gasteiger partial charge on any atom is 0.135 e. The summed E-state index contributed by atoms with van der Waals surface area (Å²) < 4.78 is 1.01. The van der Waals surface area contributed by atoms with E-state index in [0.717, 1.165) is 10.2 Å². The highest BCUT2D eigenvalue weighted by Gasteiger charge is 2.23. The van der Waals surface area contributed by atoms with Crippen molar-refractivity contribution in [3.05, 3.63) is 22.7 Å². The quantitative estimate of drug-likeness (QED) is 0.643. The van der Waals surface area contributed by atoms with Crippen LogP contribution in [0.15, 0.2) is 32.9 Å². The van der Waals surface area contributed by atoms with Crippen LogP contribution in [-0.4, -0.2) is 11.5 Å². The van der Waals surface area contributed by atoms with E-state index in [9.17, 15) is 0 Å². The van der Waals surface area contributed by atoms with E-state index in [2.05, 4.69) is 26.1 Å². The van der Waals surface area contributed by atoms with Gasteiger partial charge in [0.25, 0.3) is 0 Å². The van der Waals surface area contributed by atoms with E-state index in [1.54, 1.807) is 0 Å². The number of allylic oxidation sites excluding steroid dienone is 3. The summed E-state index contributed by atoms with van der Waals surface area (Å²) in [6.07, 6.45) is 5.86. The Balaban J connectivity index is 2.38. The second-order valence-electron chi connectivity index (χ2n) is 2.42. The van der Waals surface area contributed by atoms with Crippen LogP contribution in [0.1, 0.15) is 0 Å². The monoisotopic (exact) mass is 211 g/mol. The van der Waals surface area contributed by atoms with E-state index >= 15 is 0 Å². The predicted molar refractivity (Wildman–Crippen MR) is 48.7 cm³/mol. The van der Waals surface area contributed by atoms with E-state index in [1.165, 1.54) is 0 Å². The minimum absolute atomic E-state index is 0.108. The van der Waals surface area contributed by atoms with Crippen molar-refractivity contribution < 1.29 is 0 Å². The van der Waals surface area contributed by atoms with Crippen LogP contribution >= 0.6 is 15.9 Å². The lowest BCUT2D eigenvalue weighted by molar-refractivity contribution is 1.21. The fourth-order valence-electron chi connectivity index (χ4n) is 1.08. The first kappa shape index (κ1) is 6.79. The first-order valence-corrected chi connectivity index (χ1v) is 4.03. The molecule has 1 aliphatic carbocycles. The fraction of sp³-hybridized carbons (Fsp3) is 0.143. The summed E-state index contributed by atoms with van der Waals surface area (Å²) in [6, 6.07) is 0. The van der Waals surface area contributed by atoms with Crippen LogP contribution in [0.3, 0.4) is 0 Å². The van der Waals surface area contributed by atoms with Crippen molar-refractivity contribution in [2.75, 3.05) is 0 Å². The van der Waals surface area contributed by atoms with E-state index in [-0.39, 0.29) is 5.92 Å². The highest BCUT2D eigenvalue weighted by atomic mass is 79.9. The van der Waals surface area contributed by atoms with E-state index in [0.29, 0.717) is 5.84 Å². The van der Waals surface area contributed by atoms with Crippen LogP contribution < -0.4 is 5.73 Å².